The van der Waals surface area contributed by atoms with Crippen LogP contribution in [0.1, 0.15) is 45.4 Å². The molecule has 0 aliphatic heterocycles. The number of rotatable bonds is 3. The van der Waals surface area contributed by atoms with Gasteiger partial charge in [0.05, 0.1) is 0 Å². The van der Waals surface area contributed by atoms with Crippen molar-refractivity contribution in [1.82, 2.24) is 4.98 Å². The first kappa shape index (κ1) is 10.2. The Kier molecular flexibility index (Phi) is 3.07. The van der Waals surface area contributed by atoms with E-state index in [0.717, 1.165) is 12.8 Å². The second-order valence-corrected chi connectivity index (χ2v) is 4.10. The lowest BCUT2D eigenvalue weighted by Crippen LogP contribution is -2.19. The summed E-state index contributed by atoms with van der Waals surface area (Å²) in [6.07, 6.45) is 4.11. The minimum Gasteiger partial charge on any atom is -0.260 e. The maximum atomic E-state index is 4.49. The van der Waals surface area contributed by atoms with Crippen LogP contribution in [-0.2, 0) is 11.8 Å². The van der Waals surface area contributed by atoms with Crippen LogP contribution < -0.4 is 0 Å². The fourth-order valence-corrected chi connectivity index (χ4v) is 1.50. The van der Waals surface area contributed by atoms with E-state index in [1.165, 1.54) is 11.3 Å². The molecule has 13 heavy (non-hydrogen) atoms. The minimum atomic E-state index is 0.215. The first-order chi connectivity index (χ1) is 6.11. The predicted molar refractivity (Wildman–Crippen MR) is 56.9 cm³/mol. The highest BCUT2D eigenvalue weighted by Gasteiger charge is 2.21. The van der Waals surface area contributed by atoms with Crippen LogP contribution in [0.3, 0.4) is 0 Å². The quantitative estimate of drug-likeness (QED) is 0.690. The van der Waals surface area contributed by atoms with Crippen molar-refractivity contribution in [2.45, 2.75) is 46.0 Å². The van der Waals surface area contributed by atoms with Crippen molar-refractivity contribution >= 4 is 0 Å². The smallest absolute Gasteiger partial charge is 0.0491 e. The highest BCUT2D eigenvalue weighted by molar-refractivity contribution is 5.26. The van der Waals surface area contributed by atoms with E-state index in [9.17, 15) is 0 Å². The van der Waals surface area contributed by atoms with Crippen molar-refractivity contribution in [2.75, 3.05) is 0 Å². The van der Waals surface area contributed by atoms with Gasteiger partial charge in [0.1, 0.15) is 0 Å². The highest BCUT2D eigenvalue weighted by Crippen LogP contribution is 2.27. The largest absolute Gasteiger partial charge is 0.260 e. The number of nitrogens with zero attached hydrogens (tertiary/aromatic N) is 1. The topological polar surface area (TPSA) is 12.9 Å². The van der Waals surface area contributed by atoms with Crippen LogP contribution in [0.5, 0.6) is 0 Å². The minimum absolute atomic E-state index is 0.215. The molecule has 0 amide bonds. The fourth-order valence-electron chi connectivity index (χ4n) is 1.50. The second kappa shape index (κ2) is 3.91. The van der Waals surface area contributed by atoms with Crippen molar-refractivity contribution in [3.63, 3.8) is 0 Å². The molecule has 0 aliphatic rings. The molecule has 1 heteroatoms. The van der Waals surface area contributed by atoms with Crippen LogP contribution in [0.25, 0.3) is 0 Å². The van der Waals surface area contributed by atoms with E-state index in [0.29, 0.717) is 0 Å². The van der Waals surface area contributed by atoms with Gasteiger partial charge in [-0.2, -0.15) is 0 Å². The van der Waals surface area contributed by atoms with Gasteiger partial charge in [-0.3, -0.25) is 4.98 Å². The average Bonchev–Trinajstić information content (AvgIpc) is 2.18. The van der Waals surface area contributed by atoms with E-state index >= 15 is 0 Å². The van der Waals surface area contributed by atoms with E-state index in [1.807, 2.05) is 12.3 Å². The molecule has 72 valence electrons. The Hall–Kier alpha value is -0.850. The molecule has 0 atom stereocenters. The molecule has 1 heterocycles. The SMILES string of the molecule is CCc1cccnc1C(C)(C)CC. The number of pyridine rings is 1. The summed E-state index contributed by atoms with van der Waals surface area (Å²) < 4.78 is 0. The molecule has 1 aromatic heterocycles. The molecule has 0 fully saturated rings. The molecule has 0 aliphatic carbocycles. The summed E-state index contributed by atoms with van der Waals surface area (Å²) in [4.78, 5) is 4.49. The Bertz CT molecular complexity index is 276. The second-order valence-electron chi connectivity index (χ2n) is 4.10. The zero-order valence-corrected chi connectivity index (χ0v) is 9.09. The van der Waals surface area contributed by atoms with Crippen LogP contribution in [-0.4, -0.2) is 4.98 Å². The van der Waals surface area contributed by atoms with E-state index in [4.69, 9.17) is 0 Å². The van der Waals surface area contributed by atoms with Crippen LogP contribution in [0.2, 0.25) is 0 Å². The molecule has 0 bridgehead atoms. The van der Waals surface area contributed by atoms with Gasteiger partial charge in [0, 0.05) is 17.3 Å². The van der Waals surface area contributed by atoms with E-state index in [1.54, 1.807) is 0 Å². The molecule has 0 aromatic carbocycles. The Morgan fingerprint density at radius 1 is 1.31 bits per heavy atom. The van der Waals surface area contributed by atoms with E-state index in [-0.39, 0.29) is 5.41 Å². The van der Waals surface area contributed by atoms with Crippen LogP contribution in [0.4, 0.5) is 0 Å². The number of aromatic nitrogens is 1. The van der Waals surface area contributed by atoms with Gasteiger partial charge in [0.15, 0.2) is 0 Å². The number of hydrogen-bond acceptors (Lipinski definition) is 1. The molecule has 0 radical (unpaired) electrons. The maximum absolute atomic E-state index is 4.49. The normalized spacial score (nSPS) is 11.7. The third-order valence-corrected chi connectivity index (χ3v) is 2.80. The molecule has 0 unspecified atom stereocenters. The Morgan fingerprint density at radius 2 is 2.00 bits per heavy atom. The Balaban J connectivity index is 3.12. The summed E-state index contributed by atoms with van der Waals surface area (Å²) in [5, 5.41) is 0. The first-order valence-electron chi connectivity index (χ1n) is 5.06. The maximum Gasteiger partial charge on any atom is 0.0491 e. The molecular formula is C12H19N. The number of aryl methyl sites for hydroxylation is 1. The third kappa shape index (κ3) is 2.09. The summed E-state index contributed by atoms with van der Waals surface area (Å²) in [6, 6.07) is 4.20. The van der Waals surface area contributed by atoms with Crippen molar-refractivity contribution in [2.24, 2.45) is 0 Å². The van der Waals surface area contributed by atoms with Crippen molar-refractivity contribution in [3.8, 4) is 0 Å². The van der Waals surface area contributed by atoms with Crippen LogP contribution in [0, 0.1) is 0 Å². The lowest BCUT2D eigenvalue weighted by atomic mass is 9.83. The van der Waals surface area contributed by atoms with Crippen molar-refractivity contribution in [1.29, 1.82) is 0 Å². The standard InChI is InChI=1S/C12H19N/c1-5-10-8-7-9-13-11(10)12(3,4)6-2/h7-9H,5-6H2,1-4H3. The summed E-state index contributed by atoms with van der Waals surface area (Å²) in [6.45, 7) is 8.92. The lowest BCUT2D eigenvalue weighted by Gasteiger charge is -2.24. The average molecular weight is 177 g/mol. The number of hydrogen-bond donors (Lipinski definition) is 0. The van der Waals surface area contributed by atoms with Gasteiger partial charge in [0.25, 0.3) is 0 Å². The van der Waals surface area contributed by atoms with Gasteiger partial charge in [-0.1, -0.05) is 33.8 Å². The van der Waals surface area contributed by atoms with Gasteiger partial charge in [-0.15, -0.1) is 0 Å². The summed E-state index contributed by atoms with van der Waals surface area (Å²) in [5.41, 5.74) is 2.86. The van der Waals surface area contributed by atoms with Crippen molar-refractivity contribution in [3.05, 3.63) is 29.6 Å². The third-order valence-electron chi connectivity index (χ3n) is 2.80. The summed E-state index contributed by atoms with van der Waals surface area (Å²) in [5.74, 6) is 0. The first-order valence-corrected chi connectivity index (χ1v) is 5.06. The van der Waals surface area contributed by atoms with Gasteiger partial charge in [-0.25, -0.2) is 0 Å². The van der Waals surface area contributed by atoms with Gasteiger partial charge < -0.3 is 0 Å². The molecule has 0 saturated heterocycles. The molecule has 0 saturated carbocycles. The monoisotopic (exact) mass is 177 g/mol. The van der Waals surface area contributed by atoms with Crippen LogP contribution in [0.15, 0.2) is 18.3 Å². The van der Waals surface area contributed by atoms with E-state index in [2.05, 4.69) is 38.7 Å². The highest BCUT2D eigenvalue weighted by atomic mass is 14.7. The molecule has 0 N–H and O–H groups in total. The molecular weight excluding hydrogens is 158 g/mol. The molecule has 0 spiro atoms. The van der Waals surface area contributed by atoms with E-state index < -0.39 is 0 Å². The predicted octanol–water partition coefficient (Wildman–Crippen LogP) is 3.33. The molecule has 1 rings (SSSR count). The van der Waals surface area contributed by atoms with Crippen LogP contribution >= 0.6 is 0 Å². The molecule has 1 aromatic rings. The van der Waals surface area contributed by atoms with Crippen molar-refractivity contribution < 1.29 is 0 Å². The molecule has 1 nitrogen and oxygen atoms in total. The lowest BCUT2D eigenvalue weighted by molar-refractivity contribution is 0.485. The van der Waals surface area contributed by atoms with Gasteiger partial charge >= 0.3 is 0 Å². The Morgan fingerprint density at radius 3 is 2.54 bits per heavy atom. The summed E-state index contributed by atoms with van der Waals surface area (Å²) in [7, 11) is 0. The summed E-state index contributed by atoms with van der Waals surface area (Å²) >= 11 is 0. The van der Waals surface area contributed by atoms with Gasteiger partial charge in [0.2, 0.25) is 0 Å². The Labute approximate surface area is 81.2 Å². The van der Waals surface area contributed by atoms with Gasteiger partial charge in [-0.05, 0) is 24.5 Å². The fraction of sp³-hybridized carbons (Fsp3) is 0.583. The zero-order valence-electron chi connectivity index (χ0n) is 9.09. The zero-order chi connectivity index (χ0) is 9.90.